The van der Waals surface area contributed by atoms with E-state index in [1.807, 2.05) is 24.3 Å². The second-order valence-corrected chi connectivity index (χ2v) is 8.96. The Morgan fingerprint density at radius 1 is 0.929 bits per heavy atom. The Hall–Kier alpha value is -2.23. The van der Waals surface area contributed by atoms with Crippen molar-refractivity contribution in [3.8, 4) is 11.5 Å². The molecule has 3 aromatic rings. The zero-order chi connectivity index (χ0) is 19.8. The number of carbonyl (C=O) groups is 1. The van der Waals surface area contributed by atoms with Crippen LogP contribution >= 0.6 is 34.9 Å². The third-order valence-corrected chi connectivity index (χ3v) is 6.87. The smallest absolute Gasteiger partial charge is 0.234 e. The second kappa shape index (κ2) is 10.4. The minimum atomic E-state index is -0.0854. The topological polar surface area (TPSA) is 73.3 Å². The molecular formula is C19H19N3O3S3. The summed E-state index contributed by atoms with van der Waals surface area (Å²) in [6.45, 7) is 0. The number of rotatable bonds is 9. The number of methoxy groups -OCH3 is 2. The molecular weight excluding hydrogens is 414 g/mol. The van der Waals surface area contributed by atoms with E-state index in [9.17, 15) is 4.79 Å². The number of hydrogen-bond donors (Lipinski definition) is 1. The molecule has 9 heteroatoms. The zero-order valence-electron chi connectivity index (χ0n) is 15.4. The Kier molecular flexibility index (Phi) is 7.58. The third-order valence-electron chi connectivity index (χ3n) is 3.61. The highest BCUT2D eigenvalue weighted by Gasteiger charge is 2.09. The van der Waals surface area contributed by atoms with Crippen molar-refractivity contribution in [3.63, 3.8) is 0 Å². The Balaban J connectivity index is 1.43. The van der Waals surface area contributed by atoms with Gasteiger partial charge in [-0.25, -0.2) is 0 Å². The van der Waals surface area contributed by atoms with Gasteiger partial charge >= 0.3 is 0 Å². The van der Waals surface area contributed by atoms with Gasteiger partial charge in [0.2, 0.25) is 5.91 Å². The van der Waals surface area contributed by atoms with Gasteiger partial charge in [-0.2, -0.15) is 0 Å². The summed E-state index contributed by atoms with van der Waals surface area (Å²) in [4.78, 5) is 12.1. The van der Waals surface area contributed by atoms with Crippen molar-refractivity contribution in [1.82, 2.24) is 10.2 Å². The SMILES string of the molecule is COc1ccc(CSc2nnc(SCC(=O)Nc3ccc(OC)cc3)s2)cc1. The molecule has 1 aromatic heterocycles. The van der Waals surface area contributed by atoms with E-state index in [-0.39, 0.29) is 11.7 Å². The van der Waals surface area contributed by atoms with Crippen LogP contribution in [0.4, 0.5) is 5.69 Å². The number of nitrogens with zero attached hydrogens (tertiary/aromatic N) is 2. The second-order valence-electron chi connectivity index (χ2n) is 5.54. The fourth-order valence-corrected chi connectivity index (χ4v) is 4.96. The van der Waals surface area contributed by atoms with Gasteiger partial charge in [-0.05, 0) is 42.0 Å². The molecule has 0 spiro atoms. The van der Waals surface area contributed by atoms with Gasteiger partial charge in [0, 0.05) is 11.4 Å². The van der Waals surface area contributed by atoms with Crippen LogP contribution in [0, 0.1) is 0 Å². The molecule has 0 saturated heterocycles. The minimum Gasteiger partial charge on any atom is -0.497 e. The first-order valence-corrected chi connectivity index (χ1v) is 11.1. The van der Waals surface area contributed by atoms with E-state index < -0.39 is 0 Å². The summed E-state index contributed by atoms with van der Waals surface area (Å²) < 4.78 is 11.9. The van der Waals surface area contributed by atoms with E-state index in [2.05, 4.69) is 15.5 Å². The van der Waals surface area contributed by atoms with Crippen molar-refractivity contribution in [2.75, 3.05) is 25.3 Å². The fourth-order valence-electron chi connectivity index (χ4n) is 2.18. The fraction of sp³-hybridized carbons (Fsp3) is 0.211. The van der Waals surface area contributed by atoms with Gasteiger partial charge in [0.15, 0.2) is 8.68 Å². The molecule has 0 aliphatic rings. The summed E-state index contributed by atoms with van der Waals surface area (Å²) in [6, 6.07) is 15.2. The lowest BCUT2D eigenvalue weighted by Gasteiger charge is -2.05. The van der Waals surface area contributed by atoms with Crippen molar-refractivity contribution in [1.29, 1.82) is 0 Å². The van der Waals surface area contributed by atoms with E-state index in [4.69, 9.17) is 9.47 Å². The first-order chi connectivity index (χ1) is 13.7. The Morgan fingerprint density at radius 3 is 2.11 bits per heavy atom. The summed E-state index contributed by atoms with van der Waals surface area (Å²) in [7, 11) is 3.26. The Bertz CT molecular complexity index is 899. The van der Waals surface area contributed by atoms with Gasteiger partial charge in [0.1, 0.15) is 11.5 Å². The van der Waals surface area contributed by atoms with Gasteiger partial charge in [0.25, 0.3) is 0 Å². The number of hydrogen-bond acceptors (Lipinski definition) is 8. The van der Waals surface area contributed by atoms with Crippen LogP contribution in [-0.2, 0) is 10.5 Å². The van der Waals surface area contributed by atoms with Crippen LogP contribution in [0.3, 0.4) is 0 Å². The molecule has 3 rings (SSSR count). The van der Waals surface area contributed by atoms with Crippen molar-refractivity contribution >= 4 is 46.5 Å². The molecule has 0 atom stereocenters. The van der Waals surface area contributed by atoms with E-state index in [1.54, 1.807) is 50.2 Å². The lowest BCUT2D eigenvalue weighted by atomic mass is 10.2. The molecule has 0 aliphatic carbocycles. The summed E-state index contributed by atoms with van der Waals surface area (Å²) in [6.07, 6.45) is 0. The van der Waals surface area contributed by atoms with E-state index in [1.165, 1.54) is 28.7 Å². The molecule has 0 radical (unpaired) electrons. The summed E-state index contributed by atoms with van der Waals surface area (Å²) in [5.41, 5.74) is 1.92. The van der Waals surface area contributed by atoms with Crippen LogP contribution < -0.4 is 14.8 Å². The Labute approximate surface area is 176 Å². The number of thioether (sulfide) groups is 2. The number of amides is 1. The highest BCUT2D eigenvalue weighted by atomic mass is 32.2. The number of ether oxygens (including phenoxy) is 2. The lowest BCUT2D eigenvalue weighted by Crippen LogP contribution is -2.13. The highest BCUT2D eigenvalue weighted by Crippen LogP contribution is 2.31. The monoisotopic (exact) mass is 433 g/mol. The van der Waals surface area contributed by atoms with Crippen LogP contribution in [-0.4, -0.2) is 36.1 Å². The zero-order valence-corrected chi connectivity index (χ0v) is 17.8. The summed E-state index contributed by atoms with van der Waals surface area (Å²) in [5.74, 6) is 2.60. The molecule has 2 aromatic carbocycles. The average molecular weight is 434 g/mol. The molecule has 0 unspecified atom stereocenters. The molecule has 0 fully saturated rings. The number of anilines is 1. The minimum absolute atomic E-state index is 0.0854. The van der Waals surface area contributed by atoms with Gasteiger partial charge in [0.05, 0.1) is 20.0 Å². The summed E-state index contributed by atoms with van der Waals surface area (Å²) >= 11 is 4.50. The predicted octanol–water partition coefficient (Wildman–Crippen LogP) is 4.58. The first-order valence-electron chi connectivity index (χ1n) is 8.32. The summed E-state index contributed by atoms with van der Waals surface area (Å²) in [5, 5.41) is 11.2. The maximum Gasteiger partial charge on any atom is 0.234 e. The molecule has 1 amide bonds. The average Bonchev–Trinajstić information content (AvgIpc) is 3.19. The van der Waals surface area contributed by atoms with Crippen molar-refractivity contribution in [3.05, 3.63) is 54.1 Å². The van der Waals surface area contributed by atoms with Gasteiger partial charge in [-0.1, -0.05) is 47.0 Å². The maximum atomic E-state index is 12.1. The lowest BCUT2D eigenvalue weighted by molar-refractivity contribution is -0.113. The number of benzene rings is 2. The quantitative estimate of drug-likeness (QED) is 0.495. The van der Waals surface area contributed by atoms with Crippen LogP contribution in [0.2, 0.25) is 0 Å². The standard InChI is InChI=1S/C19H19N3O3S3/c1-24-15-7-3-13(4-8-15)11-26-18-21-22-19(28-18)27-12-17(23)20-14-5-9-16(25-2)10-6-14/h3-10H,11-12H2,1-2H3,(H,20,23). The van der Waals surface area contributed by atoms with Gasteiger partial charge in [-0.3, -0.25) is 4.79 Å². The number of aromatic nitrogens is 2. The van der Waals surface area contributed by atoms with Crippen LogP contribution in [0.1, 0.15) is 5.56 Å². The highest BCUT2D eigenvalue weighted by molar-refractivity contribution is 8.03. The Morgan fingerprint density at radius 2 is 1.50 bits per heavy atom. The van der Waals surface area contributed by atoms with E-state index in [0.29, 0.717) is 0 Å². The molecule has 146 valence electrons. The van der Waals surface area contributed by atoms with Gasteiger partial charge < -0.3 is 14.8 Å². The van der Waals surface area contributed by atoms with E-state index >= 15 is 0 Å². The normalized spacial score (nSPS) is 10.5. The predicted molar refractivity (Wildman–Crippen MR) is 115 cm³/mol. The molecule has 0 bridgehead atoms. The maximum absolute atomic E-state index is 12.1. The van der Waals surface area contributed by atoms with Crippen LogP contribution in [0.5, 0.6) is 11.5 Å². The molecule has 1 N–H and O–H groups in total. The van der Waals surface area contributed by atoms with Crippen molar-refractivity contribution in [2.45, 2.75) is 14.4 Å². The van der Waals surface area contributed by atoms with Crippen molar-refractivity contribution < 1.29 is 14.3 Å². The first kappa shape index (κ1) is 20.5. The van der Waals surface area contributed by atoms with Gasteiger partial charge in [-0.15, -0.1) is 10.2 Å². The van der Waals surface area contributed by atoms with Crippen molar-refractivity contribution in [2.24, 2.45) is 0 Å². The third kappa shape index (κ3) is 6.15. The number of carbonyl (C=O) groups excluding carboxylic acids is 1. The number of nitrogens with one attached hydrogen (secondary N) is 1. The van der Waals surface area contributed by atoms with E-state index in [0.717, 1.165) is 31.6 Å². The molecule has 1 heterocycles. The molecule has 28 heavy (non-hydrogen) atoms. The van der Waals surface area contributed by atoms with Crippen LogP contribution in [0.15, 0.2) is 57.2 Å². The largest absolute Gasteiger partial charge is 0.497 e. The molecule has 0 saturated carbocycles. The van der Waals surface area contributed by atoms with Crippen LogP contribution in [0.25, 0.3) is 0 Å². The molecule has 0 aliphatic heterocycles. The molecule has 6 nitrogen and oxygen atoms in total.